The molecule has 2 heterocycles. The number of aliphatic carboxylic acids is 1. The van der Waals surface area contributed by atoms with Crippen LogP contribution in [0.15, 0.2) is 64.2 Å². The van der Waals surface area contributed by atoms with Crippen LogP contribution in [0.4, 0.5) is 5.69 Å². The molecule has 2 aromatic carbocycles. The Morgan fingerprint density at radius 1 is 0.925 bits per heavy atom. The fourth-order valence-electron chi connectivity index (χ4n) is 6.07. The van der Waals surface area contributed by atoms with E-state index in [-0.39, 0.29) is 25.2 Å². The van der Waals surface area contributed by atoms with Crippen LogP contribution in [0.3, 0.4) is 0 Å². The van der Waals surface area contributed by atoms with Crippen molar-refractivity contribution in [1.82, 2.24) is 29.3 Å². The number of aliphatic hydroxyl groups excluding tert-OH is 1. The van der Waals surface area contributed by atoms with Gasteiger partial charge in [0.1, 0.15) is 11.9 Å². The third-order valence-electron chi connectivity index (χ3n) is 8.92. The van der Waals surface area contributed by atoms with Crippen molar-refractivity contribution in [3.8, 4) is 0 Å². The van der Waals surface area contributed by atoms with E-state index in [0.717, 1.165) is 11.1 Å². The largest absolute Gasteiger partial charge is 0.481 e. The van der Waals surface area contributed by atoms with Gasteiger partial charge in [0.15, 0.2) is 11.2 Å². The number of benzene rings is 2. The quantitative estimate of drug-likeness (QED) is 0.0646. The third kappa shape index (κ3) is 11.4. The van der Waals surface area contributed by atoms with Gasteiger partial charge in [-0.05, 0) is 61.9 Å². The van der Waals surface area contributed by atoms with Crippen molar-refractivity contribution < 1.29 is 24.6 Å². The number of carbonyl (C=O) groups excluding carboxylic acids is 2. The average Bonchev–Trinajstić information content (AvgIpc) is 3.49. The molecule has 0 saturated heterocycles. The minimum atomic E-state index is -1.28. The predicted octanol–water partition coefficient (Wildman–Crippen LogP) is 1.99. The second-order valence-corrected chi connectivity index (χ2v) is 13.1. The van der Waals surface area contributed by atoms with Crippen LogP contribution in [0.2, 0.25) is 0 Å². The molecule has 0 aliphatic heterocycles. The molecule has 0 saturated carbocycles. The summed E-state index contributed by atoms with van der Waals surface area (Å²) in [5.41, 5.74) is 7.39. The third-order valence-corrected chi connectivity index (χ3v) is 8.92. The fraction of sp³-hybridized carbons (Fsp3) is 0.474. The highest BCUT2D eigenvalue weighted by molar-refractivity contribution is 5.99. The molecule has 7 N–H and O–H groups in total. The van der Waals surface area contributed by atoms with E-state index in [4.69, 9.17) is 10.7 Å². The van der Waals surface area contributed by atoms with Gasteiger partial charge in [-0.1, -0.05) is 56.3 Å². The maximum absolute atomic E-state index is 14.0. The van der Waals surface area contributed by atoms with Crippen molar-refractivity contribution in [2.45, 2.75) is 97.0 Å². The van der Waals surface area contributed by atoms with Crippen LogP contribution >= 0.6 is 0 Å². The van der Waals surface area contributed by atoms with Gasteiger partial charge in [-0.3, -0.25) is 28.3 Å². The number of aryl methyl sites for hydroxylation is 2. The molecular weight excluding hydrogens is 680 g/mol. The Morgan fingerprint density at radius 3 is 2.38 bits per heavy atom. The Bertz CT molecular complexity index is 1950. The summed E-state index contributed by atoms with van der Waals surface area (Å²) in [7, 11) is 0. The summed E-state index contributed by atoms with van der Waals surface area (Å²) in [6.45, 7) is 5.92. The molecule has 0 fully saturated rings. The smallest absolute Gasteiger partial charge is 0.332 e. The number of amides is 2. The minimum Gasteiger partial charge on any atom is -0.481 e. The molecule has 53 heavy (non-hydrogen) atoms. The Hall–Kier alpha value is -5.12. The zero-order valence-corrected chi connectivity index (χ0v) is 30.6. The molecule has 15 heteroatoms. The van der Waals surface area contributed by atoms with Crippen LogP contribution in [0, 0.1) is 0 Å². The lowest BCUT2D eigenvalue weighted by atomic mass is 10.1. The van der Waals surface area contributed by atoms with Crippen molar-refractivity contribution in [3.63, 3.8) is 0 Å². The van der Waals surface area contributed by atoms with E-state index in [1.807, 2.05) is 54.8 Å². The molecule has 0 radical (unpaired) electrons. The molecule has 0 aliphatic carbocycles. The number of nitrogens with one attached hydrogen (secondary N) is 3. The summed E-state index contributed by atoms with van der Waals surface area (Å²) in [4.78, 5) is 69.7. The van der Waals surface area contributed by atoms with E-state index in [1.54, 1.807) is 18.2 Å². The van der Waals surface area contributed by atoms with Crippen LogP contribution in [-0.4, -0.2) is 78.5 Å². The van der Waals surface area contributed by atoms with Gasteiger partial charge >= 0.3 is 11.7 Å². The van der Waals surface area contributed by atoms with Crippen molar-refractivity contribution in [2.75, 3.05) is 25.0 Å². The summed E-state index contributed by atoms with van der Waals surface area (Å²) in [6.07, 6.45) is 2.17. The van der Waals surface area contributed by atoms with Crippen LogP contribution in [-0.2, 0) is 46.9 Å². The summed E-state index contributed by atoms with van der Waals surface area (Å²) in [5.74, 6) is -1.70. The first-order valence-electron chi connectivity index (χ1n) is 18.3. The van der Waals surface area contributed by atoms with Crippen molar-refractivity contribution in [3.05, 3.63) is 92.4 Å². The normalized spacial score (nSPS) is 12.5. The van der Waals surface area contributed by atoms with Crippen molar-refractivity contribution >= 4 is 34.6 Å². The summed E-state index contributed by atoms with van der Waals surface area (Å²) in [6, 6.07) is 15.4. The van der Waals surface area contributed by atoms with Gasteiger partial charge in [0.2, 0.25) is 11.8 Å². The second-order valence-electron chi connectivity index (χ2n) is 13.1. The van der Waals surface area contributed by atoms with E-state index < -0.39 is 47.6 Å². The zero-order chi connectivity index (χ0) is 38.3. The number of nitrogens with zero attached hydrogens (tertiary/aromatic N) is 4. The molecule has 2 amide bonds. The van der Waals surface area contributed by atoms with Gasteiger partial charge in [-0.25, -0.2) is 9.78 Å². The van der Waals surface area contributed by atoms with E-state index in [1.165, 1.54) is 9.13 Å². The van der Waals surface area contributed by atoms with Crippen LogP contribution in [0.1, 0.15) is 69.3 Å². The molecule has 2 unspecified atom stereocenters. The summed E-state index contributed by atoms with van der Waals surface area (Å²) >= 11 is 0. The maximum atomic E-state index is 14.0. The van der Waals surface area contributed by atoms with Crippen LogP contribution in [0.25, 0.3) is 11.2 Å². The number of fused-ring (bicyclic) bond motifs is 1. The fourth-order valence-corrected chi connectivity index (χ4v) is 6.07. The van der Waals surface area contributed by atoms with E-state index in [0.29, 0.717) is 81.7 Å². The number of rotatable bonds is 22. The average molecular weight is 733 g/mol. The first-order chi connectivity index (χ1) is 25.6. The van der Waals surface area contributed by atoms with Gasteiger partial charge in [-0.15, -0.1) is 0 Å². The van der Waals surface area contributed by atoms with Crippen molar-refractivity contribution in [1.29, 1.82) is 0 Å². The number of imidazole rings is 1. The highest BCUT2D eigenvalue weighted by atomic mass is 16.4. The van der Waals surface area contributed by atoms with E-state index >= 15 is 0 Å². The van der Waals surface area contributed by atoms with Crippen LogP contribution in [0.5, 0.6) is 0 Å². The number of aliphatic hydroxyl groups is 1. The van der Waals surface area contributed by atoms with E-state index in [9.17, 15) is 34.2 Å². The highest BCUT2D eigenvalue weighted by Gasteiger charge is 2.25. The first kappa shape index (κ1) is 40.6. The SMILES string of the molecule is CCCn1c(=O)c2c(nc(Cc3ccccc3)n2CCNCC(O)CC)n(CCc2cccc(NC(=O)C(CC(=O)O)NC(=O)CCCCN)c2)c1=O. The number of hydrogen-bond acceptors (Lipinski definition) is 9. The number of anilines is 1. The molecule has 0 spiro atoms. The number of carboxylic acid groups (broad SMARTS) is 1. The predicted molar refractivity (Wildman–Crippen MR) is 203 cm³/mol. The first-order valence-corrected chi connectivity index (χ1v) is 18.3. The lowest BCUT2D eigenvalue weighted by Gasteiger charge is -2.17. The standard InChI is InChI=1S/C38H52N8O7/c1-3-19-46-37(52)34-35(43-31(23-26-11-6-5-7-12-26)44(34)21-18-40-25-29(47)4-2)45(38(46)53)20-16-27-13-10-14-28(22-27)41-36(51)30(24-33(49)50)42-32(48)15-8-9-17-39/h5-7,10-14,22,29-30,40,47H,3-4,8-9,15-21,23-25,39H2,1-2H3,(H,41,51)(H,42,48)(H,49,50). The number of carbonyl (C=O) groups is 3. The lowest BCUT2D eigenvalue weighted by molar-refractivity contribution is -0.139. The second kappa shape index (κ2) is 20.2. The molecule has 4 aromatic rings. The van der Waals surface area contributed by atoms with Gasteiger partial charge < -0.3 is 36.5 Å². The number of unbranched alkanes of at least 4 members (excludes halogenated alkanes) is 1. The van der Waals surface area contributed by atoms with Gasteiger partial charge in [-0.2, -0.15) is 0 Å². The number of aromatic nitrogens is 4. The van der Waals surface area contributed by atoms with Crippen LogP contribution < -0.4 is 32.9 Å². The van der Waals surface area contributed by atoms with Gasteiger partial charge in [0.25, 0.3) is 5.56 Å². The zero-order valence-electron chi connectivity index (χ0n) is 30.6. The summed E-state index contributed by atoms with van der Waals surface area (Å²) in [5, 5.41) is 27.9. The van der Waals surface area contributed by atoms with E-state index in [2.05, 4.69) is 16.0 Å². The molecule has 2 aromatic heterocycles. The number of nitrogens with two attached hydrogens (primary N) is 1. The Morgan fingerprint density at radius 2 is 1.68 bits per heavy atom. The highest BCUT2D eigenvalue weighted by Crippen LogP contribution is 2.18. The summed E-state index contributed by atoms with van der Waals surface area (Å²) < 4.78 is 4.66. The monoisotopic (exact) mass is 732 g/mol. The number of hydrogen-bond donors (Lipinski definition) is 6. The Balaban J connectivity index is 1.63. The van der Waals surface area contributed by atoms with Gasteiger partial charge in [0.05, 0.1) is 12.5 Å². The molecular formula is C38H52N8O7. The molecule has 0 aliphatic rings. The van der Waals surface area contributed by atoms with Crippen molar-refractivity contribution in [2.24, 2.45) is 5.73 Å². The molecule has 4 rings (SSSR count). The molecule has 286 valence electrons. The maximum Gasteiger partial charge on any atom is 0.332 e. The lowest BCUT2D eigenvalue weighted by Crippen LogP contribution is -2.45. The molecule has 2 atom stereocenters. The topological polar surface area (TPSA) is 216 Å². The number of carboxylic acids is 1. The Labute approximate surface area is 308 Å². The molecule has 15 nitrogen and oxygen atoms in total. The minimum absolute atomic E-state index is 0.125. The Kier molecular flexibility index (Phi) is 15.5. The van der Waals surface area contributed by atoms with Gasteiger partial charge in [0, 0.05) is 51.3 Å². The molecule has 0 bridgehead atoms.